The summed E-state index contributed by atoms with van der Waals surface area (Å²) in [6.07, 6.45) is 5.44. The van der Waals surface area contributed by atoms with Gasteiger partial charge in [-0.2, -0.15) is 0 Å². The Bertz CT molecular complexity index is 785. The summed E-state index contributed by atoms with van der Waals surface area (Å²) in [6.45, 7) is 4.63. The fourth-order valence-electron chi connectivity index (χ4n) is 3.44. The summed E-state index contributed by atoms with van der Waals surface area (Å²) in [5.74, 6) is 0.624. The second kappa shape index (κ2) is 7.20. The largest absolute Gasteiger partial charge is 0.423 e. The van der Waals surface area contributed by atoms with Gasteiger partial charge >= 0.3 is 5.63 Å². The van der Waals surface area contributed by atoms with Crippen LogP contribution in [0.4, 0.5) is 0 Å². The number of carbonyl (C=O) groups excluding carboxylic acids is 1. The molecule has 1 N–H and O–H groups in total. The van der Waals surface area contributed by atoms with Gasteiger partial charge in [0, 0.05) is 23.9 Å². The van der Waals surface area contributed by atoms with Crippen LogP contribution in [0.2, 0.25) is 0 Å². The van der Waals surface area contributed by atoms with Crippen molar-refractivity contribution in [3.63, 3.8) is 0 Å². The molecule has 4 nitrogen and oxygen atoms in total. The van der Waals surface area contributed by atoms with E-state index >= 15 is 0 Å². The third kappa shape index (κ3) is 3.69. The molecule has 1 aromatic heterocycles. The molecule has 0 saturated heterocycles. The molecule has 1 aromatic carbocycles. The maximum Gasteiger partial charge on any atom is 0.336 e. The van der Waals surface area contributed by atoms with Crippen LogP contribution >= 0.6 is 0 Å². The molecule has 0 unspecified atom stereocenters. The summed E-state index contributed by atoms with van der Waals surface area (Å²) in [5, 5.41) is 3.92. The van der Waals surface area contributed by atoms with Crippen molar-refractivity contribution in [1.29, 1.82) is 0 Å². The van der Waals surface area contributed by atoms with Gasteiger partial charge in [-0.1, -0.05) is 39.2 Å². The van der Waals surface area contributed by atoms with Gasteiger partial charge in [-0.3, -0.25) is 4.79 Å². The van der Waals surface area contributed by atoms with Crippen molar-refractivity contribution in [3.8, 4) is 0 Å². The molecule has 3 rings (SSSR count). The van der Waals surface area contributed by atoms with Crippen molar-refractivity contribution < 1.29 is 9.21 Å². The van der Waals surface area contributed by atoms with E-state index in [1.54, 1.807) is 0 Å². The lowest BCUT2D eigenvalue weighted by atomic mass is 9.88. The van der Waals surface area contributed by atoms with Gasteiger partial charge < -0.3 is 9.73 Å². The average Bonchev–Trinajstić information content (AvgIpc) is 2.59. The quantitative estimate of drug-likeness (QED) is 0.860. The summed E-state index contributed by atoms with van der Waals surface area (Å²) in [5.41, 5.74) is 2.22. The molecule has 128 valence electrons. The fourth-order valence-corrected chi connectivity index (χ4v) is 3.44. The molecule has 1 aliphatic carbocycles. The van der Waals surface area contributed by atoms with Crippen molar-refractivity contribution in [2.75, 3.05) is 0 Å². The van der Waals surface area contributed by atoms with Crippen LogP contribution < -0.4 is 10.9 Å². The van der Waals surface area contributed by atoms with Gasteiger partial charge in [-0.25, -0.2) is 4.79 Å². The van der Waals surface area contributed by atoms with E-state index < -0.39 is 0 Å². The molecule has 24 heavy (non-hydrogen) atoms. The summed E-state index contributed by atoms with van der Waals surface area (Å²) in [7, 11) is 0. The minimum absolute atomic E-state index is 0.108. The lowest BCUT2D eigenvalue weighted by molar-refractivity contribution is -0.126. The predicted molar refractivity (Wildman–Crippen MR) is 95.0 cm³/mol. The molecule has 0 spiro atoms. The van der Waals surface area contributed by atoms with Gasteiger partial charge in [0.15, 0.2) is 0 Å². The Morgan fingerprint density at radius 2 is 1.96 bits per heavy atom. The van der Waals surface area contributed by atoms with Crippen LogP contribution in [0.1, 0.15) is 63.0 Å². The van der Waals surface area contributed by atoms with Crippen molar-refractivity contribution in [3.05, 3.63) is 45.8 Å². The smallest absolute Gasteiger partial charge is 0.336 e. The zero-order chi connectivity index (χ0) is 17.1. The van der Waals surface area contributed by atoms with Gasteiger partial charge in [-0.15, -0.1) is 0 Å². The Kier molecular flexibility index (Phi) is 5.03. The van der Waals surface area contributed by atoms with Crippen LogP contribution in [0.3, 0.4) is 0 Å². The van der Waals surface area contributed by atoms with E-state index in [-0.39, 0.29) is 17.5 Å². The SMILES string of the molecule is CC(C)c1ccc2oc(=O)cc(CNC(=O)C3CCCCC3)c2c1. The average molecular weight is 327 g/mol. The lowest BCUT2D eigenvalue weighted by Crippen LogP contribution is -2.31. The third-order valence-electron chi connectivity index (χ3n) is 4.95. The zero-order valence-electron chi connectivity index (χ0n) is 14.4. The maximum absolute atomic E-state index is 12.4. The number of benzene rings is 1. The molecule has 1 amide bonds. The van der Waals surface area contributed by atoms with Crippen LogP contribution in [0.5, 0.6) is 0 Å². The van der Waals surface area contributed by atoms with E-state index in [1.165, 1.54) is 18.1 Å². The van der Waals surface area contributed by atoms with Gasteiger partial charge in [0.25, 0.3) is 0 Å². The second-order valence-electron chi connectivity index (χ2n) is 7.05. The molecule has 1 aliphatic rings. The monoisotopic (exact) mass is 327 g/mol. The zero-order valence-corrected chi connectivity index (χ0v) is 14.4. The highest BCUT2D eigenvalue weighted by atomic mass is 16.4. The summed E-state index contributed by atoms with van der Waals surface area (Å²) in [6, 6.07) is 7.39. The Hall–Kier alpha value is -2.10. The Balaban J connectivity index is 1.83. The number of fused-ring (bicyclic) bond motifs is 1. The molecule has 1 fully saturated rings. The summed E-state index contributed by atoms with van der Waals surface area (Å²) < 4.78 is 5.29. The number of hydrogen-bond acceptors (Lipinski definition) is 3. The highest BCUT2D eigenvalue weighted by molar-refractivity contribution is 5.83. The predicted octanol–water partition coefficient (Wildman–Crippen LogP) is 4.11. The van der Waals surface area contributed by atoms with Gasteiger partial charge in [0.05, 0.1) is 0 Å². The molecule has 0 aliphatic heterocycles. The second-order valence-corrected chi connectivity index (χ2v) is 7.05. The first-order valence-electron chi connectivity index (χ1n) is 8.89. The molecule has 0 bridgehead atoms. The van der Waals surface area contributed by atoms with Crippen molar-refractivity contribution >= 4 is 16.9 Å². The number of carbonyl (C=O) groups is 1. The summed E-state index contributed by atoms with van der Waals surface area (Å²) in [4.78, 5) is 24.1. The Morgan fingerprint density at radius 1 is 1.21 bits per heavy atom. The van der Waals surface area contributed by atoms with E-state index in [2.05, 4.69) is 25.2 Å². The first-order valence-corrected chi connectivity index (χ1v) is 8.89. The minimum atomic E-state index is -0.373. The van der Waals surface area contributed by atoms with E-state index in [4.69, 9.17) is 4.42 Å². The van der Waals surface area contributed by atoms with E-state index in [1.807, 2.05) is 12.1 Å². The van der Waals surface area contributed by atoms with Crippen LogP contribution in [0.15, 0.2) is 33.5 Å². The van der Waals surface area contributed by atoms with Gasteiger partial charge in [-0.05, 0) is 42.0 Å². The lowest BCUT2D eigenvalue weighted by Gasteiger charge is -2.21. The highest BCUT2D eigenvalue weighted by Crippen LogP contribution is 2.25. The molecule has 0 atom stereocenters. The molecule has 0 radical (unpaired) electrons. The van der Waals surface area contributed by atoms with Crippen LogP contribution in [-0.2, 0) is 11.3 Å². The van der Waals surface area contributed by atoms with Crippen molar-refractivity contribution in [2.45, 2.75) is 58.4 Å². The highest BCUT2D eigenvalue weighted by Gasteiger charge is 2.21. The number of amides is 1. The van der Waals surface area contributed by atoms with Gasteiger partial charge in [0.2, 0.25) is 5.91 Å². The molecular weight excluding hydrogens is 302 g/mol. The Labute approximate surface area is 142 Å². The maximum atomic E-state index is 12.4. The topological polar surface area (TPSA) is 59.3 Å². The third-order valence-corrected chi connectivity index (χ3v) is 4.95. The van der Waals surface area contributed by atoms with Crippen LogP contribution in [-0.4, -0.2) is 5.91 Å². The van der Waals surface area contributed by atoms with E-state index in [0.717, 1.165) is 36.6 Å². The molecule has 1 heterocycles. The molecule has 4 heteroatoms. The van der Waals surface area contributed by atoms with Crippen molar-refractivity contribution in [2.24, 2.45) is 5.92 Å². The first kappa shape index (κ1) is 16.7. The minimum Gasteiger partial charge on any atom is -0.423 e. The molecule has 2 aromatic rings. The standard InChI is InChI=1S/C20H25NO3/c1-13(2)15-8-9-18-17(10-15)16(11-19(22)24-18)12-21-20(23)14-6-4-3-5-7-14/h8-11,13-14H,3-7,12H2,1-2H3,(H,21,23). The van der Waals surface area contributed by atoms with Crippen LogP contribution in [0.25, 0.3) is 11.0 Å². The number of rotatable bonds is 4. The van der Waals surface area contributed by atoms with Gasteiger partial charge in [0.1, 0.15) is 5.58 Å². The molecular formula is C20H25NO3. The van der Waals surface area contributed by atoms with E-state index in [9.17, 15) is 9.59 Å². The normalized spacial score (nSPS) is 15.8. The van der Waals surface area contributed by atoms with Crippen LogP contribution in [0, 0.1) is 5.92 Å². The Morgan fingerprint density at radius 3 is 2.67 bits per heavy atom. The molecule has 1 saturated carbocycles. The first-order chi connectivity index (χ1) is 11.5. The fraction of sp³-hybridized carbons (Fsp3) is 0.500. The summed E-state index contributed by atoms with van der Waals surface area (Å²) >= 11 is 0. The number of hydrogen-bond donors (Lipinski definition) is 1. The van der Waals surface area contributed by atoms with Crippen molar-refractivity contribution in [1.82, 2.24) is 5.32 Å². The van der Waals surface area contributed by atoms with E-state index in [0.29, 0.717) is 18.0 Å². The number of nitrogens with one attached hydrogen (secondary N) is 1.